The molecule has 2 aromatic rings. The van der Waals surface area contributed by atoms with Crippen molar-refractivity contribution in [2.24, 2.45) is 0 Å². The maximum atomic E-state index is 11.7. The van der Waals surface area contributed by atoms with E-state index < -0.39 is 0 Å². The van der Waals surface area contributed by atoms with Gasteiger partial charge in [0.05, 0.1) is 11.8 Å². The predicted octanol–water partition coefficient (Wildman–Crippen LogP) is 1.48. The minimum Gasteiger partial charge on any atom is -0.383 e. The number of aromatic nitrogens is 2. The van der Waals surface area contributed by atoms with Crippen LogP contribution in [0.2, 0.25) is 0 Å². The van der Waals surface area contributed by atoms with E-state index in [2.05, 4.69) is 10.2 Å². The summed E-state index contributed by atoms with van der Waals surface area (Å²) in [6.45, 7) is 0. The summed E-state index contributed by atoms with van der Waals surface area (Å²) in [5.74, 6) is 0.338. The SMILES string of the molecule is Nc1[nH]ncc1C(=O)Cc1cccs1. The minimum absolute atomic E-state index is 0.00120. The van der Waals surface area contributed by atoms with Crippen LogP contribution in [-0.2, 0) is 6.42 Å². The Kier molecular flexibility index (Phi) is 2.32. The Hall–Kier alpha value is -1.62. The molecule has 3 N–H and O–H groups in total. The van der Waals surface area contributed by atoms with Crippen molar-refractivity contribution in [3.8, 4) is 0 Å². The number of ketones is 1. The number of thiophene rings is 1. The maximum absolute atomic E-state index is 11.7. The third-order valence-electron chi connectivity index (χ3n) is 1.88. The van der Waals surface area contributed by atoms with Crippen LogP contribution in [0.15, 0.2) is 23.7 Å². The van der Waals surface area contributed by atoms with Crippen molar-refractivity contribution in [3.05, 3.63) is 34.2 Å². The zero-order valence-corrected chi connectivity index (χ0v) is 8.17. The number of hydrogen-bond acceptors (Lipinski definition) is 4. The molecule has 0 atom stereocenters. The summed E-state index contributed by atoms with van der Waals surface area (Å²) in [5, 5.41) is 8.19. The number of rotatable bonds is 3. The van der Waals surface area contributed by atoms with Gasteiger partial charge in [0.1, 0.15) is 5.82 Å². The van der Waals surface area contributed by atoms with E-state index in [0.29, 0.717) is 17.8 Å². The Labute approximate surface area is 84.8 Å². The molecule has 0 spiro atoms. The van der Waals surface area contributed by atoms with Crippen LogP contribution < -0.4 is 5.73 Å². The highest BCUT2D eigenvalue weighted by molar-refractivity contribution is 7.10. The zero-order chi connectivity index (χ0) is 9.97. The largest absolute Gasteiger partial charge is 0.383 e. The minimum atomic E-state index is -0.00120. The molecule has 0 saturated heterocycles. The van der Waals surface area contributed by atoms with E-state index in [0.717, 1.165) is 4.88 Å². The third kappa shape index (κ3) is 1.67. The van der Waals surface area contributed by atoms with E-state index >= 15 is 0 Å². The molecule has 0 bridgehead atoms. The van der Waals surface area contributed by atoms with E-state index in [4.69, 9.17) is 5.73 Å². The van der Waals surface area contributed by atoms with Gasteiger partial charge in [-0.25, -0.2) is 0 Å². The van der Waals surface area contributed by atoms with Crippen LogP contribution in [0.1, 0.15) is 15.2 Å². The molecule has 0 fully saturated rings. The molecule has 2 rings (SSSR count). The second-order valence-electron chi connectivity index (χ2n) is 2.88. The number of Topliss-reactive ketones (excluding diaryl/α,β-unsaturated/α-hetero) is 1. The number of nitrogen functional groups attached to an aromatic ring is 1. The number of hydrogen-bond donors (Lipinski definition) is 2. The first-order valence-corrected chi connectivity index (χ1v) is 5.00. The second kappa shape index (κ2) is 3.63. The van der Waals surface area contributed by atoms with Crippen LogP contribution in [0.3, 0.4) is 0 Å². The fourth-order valence-corrected chi connectivity index (χ4v) is 1.89. The summed E-state index contributed by atoms with van der Waals surface area (Å²) >= 11 is 1.56. The highest BCUT2D eigenvalue weighted by Gasteiger charge is 2.12. The predicted molar refractivity (Wildman–Crippen MR) is 55.4 cm³/mol. The van der Waals surface area contributed by atoms with Crippen molar-refractivity contribution >= 4 is 22.9 Å². The first kappa shape index (κ1) is 8.96. The first-order valence-electron chi connectivity index (χ1n) is 4.12. The molecule has 0 aliphatic rings. The molecule has 4 nitrogen and oxygen atoms in total. The van der Waals surface area contributed by atoms with Gasteiger partial charge < -0.3 is 5.73 Å². The molecule has 14 heavy (non-hydrogen) atoms. The van der Waals surface area contributed by atoms with Gasteiger partial charge in [-0.2, -0.15) is 5.10 Å². The zero-order valence-electron chi connectivity index (χ0n) is 7.36. The molecule has 2 aromatic heterocycles. The fourth-order valence-electron chi connectivity index (χ4n) is 1.18. The molecule has 5 heteroatoms. The summed E-state index contributed by atoms with van der Waals surface area (Å²) in [5.41, 5.74) is 6.01. The topological polar surface area (TPSA) is 71.8 Å². The summed E-state index contributed by atoms with van der Waals surface area (Å²) in [6, 6.07) is 3.85. The van der Waals surface area contributed by atoms with E-state index in [1.165, 1.54) is 6.20 Å². The Bertz CT molecular complexity index is 433. The Balaban J connectivity index is 2.14. The summed E-state index contributed by atoms with van der Waals surface area (Å²) in [7, 11) is 0. The van der Waals surface area contributed by atoms with E-state index in [1.807, 2.05) is 17.5 Å². The number of nitrogens with one attached hydrogen (secondary N) is 1. The molecule has 0 aliphatic carbocycles. The summed E-state index contributed by atoms with van der Waals surface area (Å²) < 4.78 is 0. The lowest BCUT2D eigenvalue weighted by atomic mass is 10.1. The van der Waals surface area contributed by atoms with Crippen LogP contribution in [0, 0.1) is 0 Å². The number of aromatic amines is 1. The van der Waals surface area contributed by atoms with E-state index in [9.17, 15) is 4.79 Å². The van der Waals surface area contributed by atoms with Gasteiger partial charge in [0.15, 0.2) is 5.78 Å². The maximum Gasteiger partial charge on any atom is 0.173 e. The number of nitrogens with zero attached hydrogens (tertiary/aromatic N) is 1. The molecule has 0 aromatic carbocycles. The average Bonchev–Trinajstić information content (AvgIpc) is 2.75. The normalized spacial score (nSPS) is 10.3. The fraction of sp³-hybridized carbons (Fsp3) is 0.111. The Morgan fingerprint density at radius 2 is 2.50 bits per heavy atom. The van der Waals surface area contributed by atoms with E-state index in [-0.39, 0.29) is 5.78 Å². The average molecular weight is 207 g/mol. The van der Waals surface area contributed by atoms with Gasteiger partial charge in [-0.05, 0) is 11.4 Å². The molecular weight excluding hydrogens is 198 g/mol. The quantitative estimate of drug-likeness (QED) is 0.749. The molecule has 0 saturated carbocycles. The van der Waals surface area contributed by atoms with Gasteiger partial charge in [-0.1, -0.05) is 6.07 Å². The lowest BCUT2D eigenvalue weighted by Crippen LogP contribution is -2.04. The van der Waals surface area contributed by atoms with Crippen molar-refractivity contribution < 1.29 is 4.79 Å². The van der Waals surface area contributed by atoms with Crippen molar-refractivity contribution in [1.82, 2.24) is 10.2 Å². The number of carbonyl (C=O) groups excluding carboxylic acids is 1. The highest BCUT2D eigenvalue weighted by Crippen LogP contribution is 2.14. The number of nitrogens with two attached hydrogens (primary N) is 1. The van der Waals surface area contributed by atoms with E-state index in [1.54, 1.807) is 11.3 Å². The molecular formula is C9H9N3OS. The number of carbonyl (C=O) groups is 1. The number of H-pyrrole nitrogens is 1. The van der Waals surface area contributed by atoms with Crippen molar-refractivity contribution in [3.63, 3.8) is 0 Å². The van der Waals surface area contributed by atoms with Crippen LogP contribution in [0.4, 0.5) is 5.82 Å². The molecule has 72 valence electrons. The molecule has 0 radical (unpaired) electrons. The van der Waals surface area contributed by atoms with Crippen LogP contribution in [0.25, 0.3) is 0 Å². The van der Waals surface area contributed by atoms with Crippen LogP contribution in [-0.4, -0.2) is 16.0 Å². The Morgan fingerprint density at radius 1 is 1.64 bits per heavy atom. The van der Waals surface area contributed by atoms with Crippen molar-refractivity contribution in [2.75, 3.05) is 5.73 Å². The smallest absolute Gasteiger partial charge is 0.173 e. The second-order valence-corrected chi connectivity index (χ2v) is 3.91. The third-order valence-corrected chi connectivity index (χ3v) is 2.76. The number of anilines is 1. The molecule has 0 aliphatic heterocycles. The molecule has 2 heterocycles. The van der Waals surface area contributed by atoms with Crippen molar-refractivity contribution in [1.29, 1.82) is 0 Å². The lowest BCUT2D eigenvalue weighted by Gasteiger charge is -1.95. The van der Waals surface area contributed by atoms with Gasteiger partial charge in [0, 0.05) is 11.3 Å². The van der Waals surface area contributed by atoms with Crippen molar-refractivity contribution in [2.45, 2.75) is 6.42 Å². The highest BCUT2D eigenvalue weighted by atomic mass is 32.1. The van der Waals surface area contributed by atoms with Gasteiger partial charge in [0.25, 0.3) is 0 Å². The Morgan fingerprint density at radius 3 is 3.07 bits per heavy atom. The lowest BCUT2D eigenvalue weighted by molar-refractivity contribution is 0.0994. The summed E-state index contributed by atoms with van der Waals surface area (Å²) in [4.78, 5) is 12.7. The summed E-state index contributed by atoms with van der Waals surface area (Å²) in [6.07, 6.45) is 1.85. The van der Waals surface area contributed by atoms with Crippen LogP contribution in [0.5, 0.6) is 0 Å². The molecule has 0 amide bonds. The van der Waals surface area contributed by atoms with Gasteiger partial charge in [0.2, 0.25) is 0 Å². The van der Waals surface area contributed by atoms with Crippen LogP contribution >= 0.6 is 11.3 Å². The molecule has 0 unspecified atom stereocenters. The first-order chi connectivity index (χ1) is 6.77. The van der Waals surface area contributed by atoms with Gasteiger partial charge in [-0.3, -0.25) is 9.89 Å². The standard InChI is InChI=1S/C9H9N3OS/c10-9-7(5-11-12-9)8(13)4-6-2-1-3-14-6/h1-3,5H,4H2,(H3,10,11,12). The van der Waals surface area contributed by atoms with Gasteiger partial charge >= 0.3 is 0 Å². The van der Waals surface area contributed by atoms with Gasteiger partial charge in [-0.15, -0.1) is 11.3 Å². The monoisotopic (exact) mass is 207 g/mol.